The van der Waals surface area contributed by atoms with Gasteiger partial charge in [-0.3, -0.25) is 0 Å². The van der Waals surface area contributed by atoms with E-state index < -0.39 is 0 Å². The first-order chi connectivity index (χ1) is 8.17. The number of aromatic nitrogens is 2. The minimum Gasteiger partial charge on any atom is -0.384 e. The molecule has 0 amide bonds. The fourth-order valence-electron chi connectivity index (χ4n) is 1.82. The highest BCUT2D eigenvalue weighted by atomic mass is 127. The molecule has 1 heterocycles. The molecule has 1 fully saturated rings. The van der Waals surface area contributed by atoms with Crippen LogP contribution in [0, 0.1) is 3.57 Å². The molecular weight excluding hydrogens is 329 g/mol. The summed E-state index contributed by atoms with van der Waals surface area (Å²) in [6.45, 7) is 2.76. The second kappa shape index (κ2) is 5.48. The van der Waals surface area contributed by atoms with Gasteiger partial charge in [0.05, 0.1) is 15.9 Å². The summed E-state index contributed by atoms with van der Waals surface area (Å²) in [5, 5.41) is 3.16. The second-order valence-electron chi connectivity index (χ2n) is 4.51. The predicted molar refractivity (Wildman–Crippen MR) is 76.6 cm³/mol. The van der Waals surface area contributed by atoms with Gasteiger partial charge in [-0.2, -0.15) is 0 Å². The number of nitrogens with zero attached hydrogens (tertiary/aromatic N) is 2. The molecule has 0 radical (unpaired) electrons. The van der Waals surface area contributed by atoms with E-state index in [0.717, 1.165) is 11.6 Å². The van der Waals surface area contributed by atoms with Crippen molar-refractivity contribution in [3.05, 3.63) is 15.1 Å². The molecule has 1 saturated carbocycles. The fourth-order valence-corrected chi connectivity index (χ4v) is 2.77. The van der Waals surface area contributed by atoms with E-state index in [1.165, 1.54) is 22.1 Å². The average molecular weight is 347 g/mol. The predicted octanol–water partition coefficient (Wildman–Crippen LogP) is 2.75. The quantitative estimate of drug-likeness (QED) is 0.832. The van der Waals surface area contributed by atoms with Gasteiger partial charge < -0.3 is 10.1 Å². The Balaban J connectivity index is 2.35. The van der Waals surface area contributed by atoms with E-state index in [4.69, 9.17) is 9.72 Å². The molecule has 94 valence electrons. The van der Waals surface area contributed by atoms with Crippen molar-refractivity contribution in [2.45, 2.75) is 31.6 Å². The number of rotatable bonds is 5. The van der Waals surface area contributed by atoms with Crippen LogP contribution in [0.1, 0.15) is 43.1 Å². The van der Waals surface area contributed by atoms with Gasteiger partial charge in [0.25, 0.3) is 0 Å². The lowest BCUT2D eigenvalue weighted by atomic mass is 10.1. The monoisotopic (exact) mass is 347 g/mol. The van der Waals surface area contributed by atoms with Gasteiger partial charge in [0, 0.05) is 26.0 Å². The van der Waals surface area contributed by atoms with Gasteiger partial charge in [-0.25, -0.2) is 9.97 Å². The molecule has 4 nitrogen and oxygen atoms in total. The van der Waals surface area contributed by atoms with Crippen molar-refractivity contribution in [1.82, 2.24) is 9.97 Å². The minimum atomic E-state index is 0.238. The Morgan fingerprint density at radius 3 is 2.71 bits per heavy atom. The number of hydrogen-bond acceptors (Lipinski definition) is 4. The number of anilines is 1. The first-order valence-electron chi connectivity index (χ1n) is 5.91. The molecule has 0 aromatic carbocycles. The van der Waals surface area contributed by atoms with E-state index in [-0.39, 0.29) is 5.92 Å². The minimum absolute atomic E-state index is 0.238. The maximum Gasteiger partial charge on any atom is 0.143 e. The van der Waals surface area contributed by atoms with Gasteiger partial charge in [-0.05, 0) is 35.4 Å². The third-order valence-electron chi connectivity index (χ3n) is 2.95. The summed E-state index contributed by atoms with van der Waals surface area (Å²) < 4.78 is 6.34. The first-order valence-corrected chi connectivity index (χ1v) is 6.99. The van der Waals surface area contributed by atoms with Gasteiger partial charge in [-0.15, -0.1) is 0 Å². The Morgan fingerprint density at radius 1 is 1.47 bits per heavy atom. The number of nitrogens with one attached hydrogen (secondary N) is 1. The molecule has 0 aliphatic heterocycles. The van der Waals surface area contributed by atoms with Crippen LogP contribution in [0.15, 0.2) is 0 Å². The molecule has 0 spiro atoms. The zero-order chi connectivity index (χ0) is 12.4. The van der Waals surface area contributed by atoms with Crippen LogP contribution in [0.4, 0.5) is 5.82 Å². The standard InChI is InChI=1S/C12H18IN3O/c1-7(6-17-3)11-15-10(8-4-5-8)9(13)12(14-2)16-11/h7-8H,4-6H2,1-3H3,(H,14,15,16). The van der Waals surface area contributed by atoms with Crippen LogP contribution in [0.25, 0.3) is 0 Å². The number of halogens is 1. The van der Waals surface area contributed by atoms with Crippen LogP contribution in [-0.2, 0) is 4.74 Å². The maximum atomic E-state index is 5.18. The highest BCUT2D eigenvalue weighted by molar-refractivity contribution is 14.1. The van der Waals surface area contributed by atoms with Crippen molar-refractivity contribution in [1.29, 1.82) is 0 Å². The van der Waals surface area contributed by atoms with Crippen LogP contribution >= 0.6 is 22.6 Å². The van der Waals surface area contributed by atoms with Gasteiger partial charge in [0.2, 0.25) is 0 Å². The normalized spacial score (nSPS) is 16.9. The van der Waals surface area contributed by atoms with Crippen molar-refractivity contribution in [3.63, 3.8) is 0 Å². The Kier molecular flexibility index (Phi) is 4.19. The zero-order valence-electron chi connectivity index (χ0n) is 10.5. The van der Waals surface area contributed by atoms with Crippen molar-refractivity contribution >= 4 is 28.4 Å². The highest BCUT2D eigenvalue weighted by Crippen LogP contribution is 2.42. The van der Waals surface area contributed by atoms with Gasteiger partial charge in [0.1, 0.15) is 11.6 Å². The molecular formula is C12H18IN3O. The molecule has 17 heavy (non-hydrogen) atoms. The summed E-state index contributed by atoms with van der Waals surface area (Å²) in [5.41, 5.74) is 1.21. The molecule has 0 saturated heterocycles. The van der Waals surface area contributed by atoms with Crippen LogP contribution < -0.4 is 5.32 Å². The smallest absolute Gasteiger partial charge is 0.143 e. The molecule has 1 aromatic heterocycles. The Bertz CT molecular complexity index is 407. The van der Waals surface area contributed by atoms with Gasteiger partial charge >= 0.3 is 0 Å². The molecule has 1 atom stereocenters. The van der Waals surface area contributed by atoms with E-state index in [9.17, 15) is 0 Å². The van der Waals surface area contributed by atoms with Gasteiger partial charge in [0.15, 0.2) is 0 Å². The second-order valence-corrected chi connectivity index (χ2v) is 5.59. The van der Waals surface area contributed by atoms with Gasteiger partial charge in [-0.1, -0.05) is 6.92 Å². The molecule has 1 aliphatic carbocycles. The van der Waals surface area contributed by atoms with Crippen LogP contribution in [0.2, 0.25) is 0 Å². The first kappa shape index (κ1) is 13.0. The molecule has 1 aromatic rings. The van der Waals surface area contributed by atoms with Crippen molar-refractivity contribution in [3.8, 4) is 0 Å². The lowest BCUT2D eigenvalue weighted by molar-refractivity contribution is 0.181. The fraction of sp³-hybridized carbons (Fsp3) is 0.667. The van der Waals surface area contributed by atoms with E-state index in [1.54, 1.807) is 7.11 Å². The van der Waals surface area contributed by atoms with Crippen molar-refractivity contribution < 1.29 is 4.74 Å². The third kappa shape index (κ3) is 2.88. The van der Waals surface area contributed by atoms with Crippen molar-refractivity contribution in [2.75, 3.05) is 26.1 Å². The Hall–Kier alpha value is -0.430. The van der Waals surface area contributed by atoms with E-state index in [2.05, 4.69) is 39.8 Å². The lowest BCUT2D eigenvalue weighted by Gasteiger charge is -2.14. The molecule has 1 unspecified atom stereocenters. The summed E-state index contributed by atoms with van der Waals surface area (Å²) in [6.07, 6.45) is 2.52. The van der Waals surface area contributed by atoms with Crippen LogP contribution in [-0.4, -0.2) is 30.7 Å². The summed E-state index contributed by atoms with van der Waals surface area (Å²) in [4.78, 5) is 9.29. The number of methoxy groups -OCH3 is 1. The zero-order valence-corrected chi connectivity index (χ0v) is 12.6. The van der Waals surface area contributed by atoms with Crippen LogP contribution in [0.3, 0.4) is 0 Å². The summed E-state index contributed by atoms with van der Waals surface area (Å²) >= 11 is 2.34. The number of ether oxygens (including phenoxy) is 1. The molecule has 2 rings (SSSR count). The number of hydrogen-bond donors (Lipinski definition) is 1. The van der Waals surface area contributed by atoms with E-state index >= 15 is 0 Å². The molecule has 0 bridgehead atoms. The van der Waals surface area contributed by atoms with E-state index in [0.29, 0.717) is 12.5 Å². The Labute approximate surface area is 116 Å². The maximum absolute atomic E-state index is 5.18. The molecule has 1 N–H and O–H groups in total. The third-order valence-corrected chi connectivity index (χ3v) is 4.02. The highest BCUT2D eigenvalue weighted by Gasteiger charge is 2.29. The SMILES string of the molecule is CNc1nc(C(C)COC)nc(C2CC2)c1I. The lowest BCUT2D eigenvalue weighted by Crippen LogP contribution is -2.12. The topological polar surface area (TPSA) is 47.0 Å². The Morgan fingerprint density at radius 2 is 2.18 bits per heavy atom. The van der Waals surface area contributed by atoms with Crippen molar-refractivity contribution in [2.24, 2.45) is 0 Å². The van der Waals surface area contributed by atoms with Crippen LogP contribution in [0.5, 0.6) is 0 Å². The molecule has 1 aliphatic rings. The largest absolute Gasteiger partial charge is 0.384 e. The summed E-state index contributed by atoms with van der Waals surface area (Å²) in [6, 6.07) is 0. The van der Waals surface area contributed by atoms with E-state index in [1.807, 2.05) is 7.05 Å². The summed E-state index contributed by atoms with van der Waals surface area (Å²) in [5.74, 6) is 2.71. The summed E-state index contributed by atoms with van der Waals surface area (Å²) in [7, 11) is 3.62. The molecule has 5 heteroatoms. The average Bonchev–Trinajstić information content (AvgIpc) is 3.13.